The number of rotatable bonds is 5. The minimum absolute atomic E-state index is 0.201. The van der Waals surface area contributed by atoms with E-state index in [0.717, 1.165) is 15.6 Å². The van der Waals surface area contributed by atoms with E-state index in [2.05, 4.69) is 26.5 Å². The van der Waals surface area contributed by atoms with E-state index in [1.165, 1.54) is 0 Å². The van der Waals surface area contributed by atoms with E-state index in [1.54, 1.807) is 25.5 Å². The maximum Gasteiger partial charge on any atom is 0.244 e. The van der Waals surface area contributed by atoms with E-state index in [0.29, 0.717) is 10.8 Å². The molecule has 2 aromatic carbocycles. The predicted octanol–water partition coefficient (Wildman–Crippen LogP) is 3.80. The van der Waals surface area contributed by atoms with Crippen molar-refractivity contribution in [2.45, 2.75) is 6.42 Å². The molecule has 0 atom stereocenters. The van der Waals surface area contributed by atoms with Crippen molar-refractivity contribution in [1.29, 1.82) is 0 Å². The number of nitrogens with one attached hydrogen (secondary N) is 1. The van der Waals surface area contributed by atoms with Crippen LogP contribution in [0.5, 0.6) is 5.75 Å². The van der Waals surface area contributed by atoms with Gasteiger partial charge in [0, 0.05) is 15.1 Å². The van der Waals surface area contributed by atoms with Crippen LogP contribution in [0.15, 0.2) is 52.0 Å². The van der Waals surface area contributed by atoms with Crippen LogP contribution < -0.4 is 10.2 Å². The van der Waals surface area contributed by atoms with Gasteiger partial charge in [0.2, 0.25) is 5.91 Å². The standard InChI is InChI=1S/C16H14BrClN2O2/c1-22-15-7-4-13(17)9-12(15)10-19-20-16(21)8-11-2-5-14(18)6-3-11/h2-7,9-10H,8H2,1H3,(H,20,21)/b19-10-. The number of benzene rings is 2. The third-order valence-electron chi connectivity index (χ3n) is 2.86. The lowest BCUT2D eigenvalue weighted by molar-refractivity contribution is -0.120. The van der Waals surface area contributed by atoms with Gasteiger partial charge < -0.3 is 4.74 Å². The monoisotopic (exact) mass is 380 g/mol. The summed E-state index contributed by atoms with van der Waals surface area (Å²) in [4.78, 5) is 11.8. The lowest BCUT2D eigenvalue weighted by atomic mass is 10.1. The summed E-state index contributed by atoms with van der Waals surface area (Å²) in [5, 5.41) is 4.60. The zero-order valence-electron chi connectivity index (χ0n) is 11.8. The summed E-state index contributed by atoms with van der Waals surface area (Å²) in [6.07, 6.45) is 1.79. The van der Waals surface area contributed by atoms with E-state index in [1.807, 2.05) is 30.3 Å². The van der Waals surface area contributed by atoms with Gasteiger partial charge >= 0.3 is 0 Å². The largest absolute Gasteiger partial charge is 0.496 e. The van der Waals surface area contributed by atoms with Crippen molar-refractivity contribution in [3.8, 4) is 5.75 Å². The maximum atomic E-state index is 11.8. The molecular formula is C16H14BrClN2O2. The van der Waals surface area contributed by atoms with E-state index in [9.17, 15) is 4.79 Å². The Bertz CT molecular complexity index is 687. The molecule has 2 aromatic rings. The first-order valence-corrected chi connectivity index (χ1v) is 7.65. The third-order valence-corrected chi connectivity index (χ3v) is 3.61. The van der Waals surface area contributed by atoms with Crippen molar-refractivity contribution in [3.63, 3.8) is 0 Å². The number of ether oxygens (including phenoxy) is 1. The second-order valence-electron chi connectivity index (χ2n) is 4.48. The lowest BCUT2D eigenvalue weighted by Crippen LogP contribution is -2.19. The Morgan fingerprint density at radius 2 is 2.05 bits per heavy atom. The molecule has 0 fully saturated rings. The van der Waals surface area contributed by atoms with Crippen LogP contribution in [0.2, 0.25) is 5.02 Å². The van der Waals surface area contributed by atoms with Gasteiger partial charge in [0.25, 0.3) is 0 Å². The molecule has 6 heteroatoms. The molecule has 0 unspecified atom stereocenters. The third kappa shape index (κ3) is 4.86. The first kappa shape index (κ1) is 16.5. The number of hydrogen-bond acceptors (Lipinski definition) is 3. The quantitative estimate of drug-likeness (QED) is 0.632. The lowest BCUT2D eigenvalue weighted by Gasteiger charge is -2.05. The molecule has 1 N–H and O–H groups in total. The molecule has 0 aliphatic rings. The molecule has 4 nitrogen and oxygen atoms in total. The fourth-order valence-electron chi connectivity index (χ4n) is 1.81. The number of carbonyl (C=O) groups is 1. The normalized spacial score (nSPS) is 10.7. The van der Waals surface area contributed by atoms with Gasteiger partial charge in [-0.05, 0) is 35.9 Å². The van der Waals surface area contributed by atoms with E-state index < -0.39 is 0 Å². The highest BCUT2D eigenvalue weighted by molar-refractivity contribution is 9.10. The molecule has 2 rings (SSSR count). The van der Waals surface area contributed by atoms with E-state index >= 15 is 0 Å². The SMILES string of the molecule is COc1ccc(Br)cc1/C=N\NC(=O)Cc1ccc(Cl)cc1. The number of hydrazone groups is 1. The van der Waals surface area contributed by atoms with Gasteiger partial charge in [0.1, 0.15) is 5.75 Å². The Morgan fingerprint density at radius 3 is 2.73 bits per heavy atom. The van der Waals surface area contributed by atoms with Crippen LogP contribution >= 0.6 is 27.5 Å². The maximum absolute atomic E-state index is 11.8. The number of hydrogen-bond donors (Lipinski definition) is 1. The zero-order chi connectivity index (χ0) is 15.9. The van der Waals surface area contributed by atoms with E-state index in [-0.39, 0.29) is 12.3 Å². The fourth-order valence-corrected chi connectivity index (χ4v) is 2.31. The number of nitrogens with zero attached hydrogens (tertiary/aromatic N) is 1. The predicted molar refractivity (Wildman–Crippen MR) is 91.6 cm³/mol. The topological polar surface area (TPSA) is 50.7 Å². The van der Waals surface area contributed by atoms with Crippen LogP contribution in [0.1, 0.15) is 11.1 Å². The second kappa shape index (κ2) is 7.96. The Labute approximate surface area is 142 Å². The van der Waals surface area contributed by atoms with Crippen LogP contribution in [0.25, 0.3) is 0 Å². The smallest absolute Gasteiger partial charge is 0.244 e. The summed E-state index contributed by atoms with van der Waals surface area (Å²) in [5.74, 6) is 0.478. The highest BCUT2D eigenvalue weighted by Crippen LogP contribution is 2.21. The summed E-state index contributed by atoms with van der Waals surface area (Å²) in [6, 6.07) is 12.7. The summed E-state index contributed by atoms with van der Waals surface area (Å²) in [5.41, 5.74) is 4.13. The molecule has 0 saturated carbocycles. The van der Waals surface area contributed by atoms with Crippen molar-refractivity contribution < 1.29 is 9.53 Å². The van der Waals surface area contributed by atoms with Crippen LogP contribution in [0.3, 0.4) is 0 Å². The molecule has 0 radical (unpaired) electrons. The Hall–Kier alpha value is -1.85. The summed E-state index contributed by atoms with van der Waals surface area (Å²) < 4.78 is 6.13. The molecule has 22 heavy (non-hydrogen) atoms. The molecule has 0 aliphatic heterocycles. The van der Waals surface area contributed by atoms with E-state index in [4.69, 9.17) is 16.3 Å². The summed E-state index contributed by atoms with van der Waals surface area (Å²) in [7, 11) is 1.58. The average molecular weight is 382 g/mol. The minimum Gasteiger partial charge on any atom is -0.496 e. The molecule has 0 aromatic heterocycles. The van der Waals surface area contributed by atoms with Crippen molar-refractivity contribution >= 4 is 39.7 Å². The summed E-state index contributed by atoms with van der Waals surface area (Å²) in [6.45, 7) is 0. The van der Waals surface area contributed by atoms with Crippen LogP contribution in [-0.4, -0.2) is 19.2 Å². The Kier molecular flexibility index (Phi) is 5.98. The number of halogens is 2. The number of methoxy groups -OCH3 is 1. The highest BCUT2D eigenvalue weighted by atomic mass is 79.9. The number of carbonyl (C=O) groups excluding carboxylic acids is 1. The number of amides is 1. The van der Waals surface area contributed by atoms with Gasteiger partial charge in [-0.15, -0.1) is 0 Å². The van der Waals surface area contributed by atoms with Crippen LogP contribution in [0, 0.1) is 0 Å². The van der Waals surface area contributed by atoms with Crippen molar-refractivity contribution in [1.82, 2.24) is 5.43 Å². The van der Waals surface area contributed by atoms with Gasteiger partial charge in [-0.3, -0.25) is 4.79 Å². The average Bonchev–Trinajstić information content (AvgIpc) is 2.50. The minimum atomic E-state index is -0.201. The van der Waals surface area contributed by atoms with Gasteiger partial charge in [-0.1, -0.05) is 39.7 Å². The molecule has 114 valence electrons. The van der Waals surface area contributed by atoms with Crippen LogP contribution in [0.4, 0.5) is 0 Å². The van der Waals surface area contributed by atoms with Crippen molar-refractivity contribution in [2.75, 3.05) is 7.11 Å². The molecule has 1 amide bonds. The van der Waals surface area contributed by atoms with Crippen molar-refractivity contribution in [2.24, 2.45) is 5.10 Å². The van der Waals surface area contributed by atoms with Gasteiger partial charge in [0.05, 0.1) is 19.7 Å². The Balaban J connectivity index is 1.96. The first-order valence-electron chi connectivity index (χ1n) is 6.48. The fraction of sp³-hybridized carbons (Fsp3) is 0.125. The first-order chi connectivity index (χ1) is 10.6. The summed E-state index contributed by atoms with van der Waals surface area (Å²) >= 11 is 9.18. The van der Waals surface area contributed by atoms with Crippen LogP contribution in [-0.2, 0) is 11.2 Å². The van der Waals surface area contributed by atoms with Gasteiger partial charge in [0.15, 0.2) is 0 Å². The van der Waals surface area contributed by atoms with Crippen molar-refractivity contribution in [3.05, 3.63) is 63.1 Å². The molecule has 0 saturated heterocycles. The van der Waals surface area contributed by atoms with Gasteiger partial charge in [-0.25, -0.2) is 5.43 Å². The van der Waals surface area contributed by atoms with Gasteiger partial charge in [-0.2, -0.15) is 5.10 Å². The molecule has 0 heterocycles. The molecular weight excluding hydrogens is 368 g/mol. The Morgan fingerprint density at radius 1 is 1.32 bits per heavy atom. The molecule has 0 bridgehead atoms. The molecule has 0 spiro atoms. The highest BCUT2D eigenvalue weighted by Gasteiger charge is 2.03. The zero-order valence-corrected chi connectivity index (χ0v) is 14.2. The second-order valence-corrected chi connectivity index (χ2v) is 5.83. The molecule has 0 aliphatic carbocycles.